The minimum atomic E-state index is -0.186. The van der Waals surface area contributed by atoms with Crippen LogP contribution in [0.2, 0.25) is 0 Å². The molecule has 10 nitrogen and oxygen atoms in total. The van der Waals surface area contributed by atoms with Crippen LogP contribution in [-0.4, -0.2) is 48.2 Å². The highest BCUT2D eigenvalue weighted by molar-refractivity contribution is 6.99. The Morgan fingerprint density at radius 3 is 2.18 bits per heavy atom. The van der Waals surface area contributed by atoms with Gasteiger partial charge in [0.2, 0.25) is 29.4 Å². The Hall–Kier alpha value is -4.12. The molecule has 0 aliphatic carbocycles. The third-order valence-electron chi connectivity index (χ3n) is 4.44. The Labute approximate surface area is 194 Å². The summed E-state index contributed by atoms with van der Waals surface area (Å²) in [4.78, 5) is 29.2. The van der Waals surface area contributed by atoms with Gasteiger partial charge in [0.25, 0.3) is 0 Å². The Kier molecular flexibility index (Phi) is 6.41. The molecule has 2 aromatic heterocycles. The van der Waals surface area contributed by atoms with E-state index in [4.69, 9.17) is 0 Å². The van der Waals surface area contributed by atoms with Crippen LogP contribution in [-0.2, 0) is 0 Å². The molecule has 0 spiro atoms. The van der Waals surface area contributed by atoms with Crippen molar-refractivity contribution in [1.29, 1.82) is 0 Å². The monoisotopic (exact) mass is 462 g/mol. The SMILES string of the molecule is CN(C)c1nc(Nc2ccc(N=[n+]3[nH]c(=O)/c(=C/c4ccccc4)s3)cc2)nc(N(C)C)n1. The average molecular weight is 463 g/mol. The fraction of sp³-hybridized carbons (Fsp3) is 0.182. The normalized spacial score (nSPS) is 12.1. The lowest BCUT2D eigenvalue weighted by Gasteiger charge is -2.16. The van der Waals surface area contributed by atoms with E-state index in [1.165, 1.54) is 15.4 Å². The average Bonchev–Trinajstić information content (AvgIpc) is 3.14. The number of nitrogens with zero attached hydrogens (tertiary/aromatic N) is 7. The smallest absolute Gasteiger partial charge is 0.325 e. The third-order valence-corrected chi connectivity index (χ3v) is 5.29. The van der Waals surface area contributed by atoms with Gasteiger partial charge in [-0.25, -0.2) is 0 Å². The summed E-state index contributed by atoms with van der Waals surface area (Å²) in [5.41, 5.74) is 2.26. The van der Waals surface area contributed by atoms with Gasteiger partial charge in [-0.3, -0.25) is 4.79 Å². The molecule has 0 atom stereocenters. The molecule has 0 fully saturated rings. The van der Waals surface area contributed by atoms with Crippen LogP contribution < -0.4 is 29.1 Å². The summed E-state index contributed by atoms with van der Waals surface area (Å²) in [6.45, 7) is 0. The van der Waals surface area contributed by atoms with E-state index in [9.17, 15) is 4.79 Å². The molecule has 2 N–H and O–H groups in total. The number of aromatic nitrogens is 5. The maximum absolute atomic E-state index is 12.2. The van der Waals surface area contributed by atoms with E-state index >= 15 is 0 Å². The molecule has 4 aromatic rings. The molecule has 0 radical (unpaired) electrons. The maximum atomic E-state index is 12.2. The van der Waals surface area contributed by atoms with Crippen molar-refractivity contribution in [2.24, 2.45) is 5.11 Å². The van der Waals surface area contributed by atoms with Crippen LogP contribution in [0.15, 0.2) is 64.5 Å². The van der Waals surface area contributed by atoms with Crippen molar-refractivity contribution in [3.8, 4) is 0 Å². The summed E-state index contributed by atoms with van der Waals surface area (Å²) < 4.78 is 2.03. The number of rotatable bonds is 6. The van der Waals surface area contributed by atoms with Gasteiger partial charge in [-0.1, -0.05) is 35.4 Å². The molecule has 2 aromatic carbocycles. The lowest BCUT2D eigenvalue weighted by atomic mass is 10.2. The molecular weight excluding hydrogens is 438 g/mol. The van der Waals surface area contributed by atoms with E-state index in [-0.39, 0.29) is 5.56 Å². The van der Waals surface area contributed by atoms with Crippen LogP contribution in [0.4, 0.5) is 29.2 Å². The lowest BCUT2D eigenvalue weighted by Crippen LogP contribution is -2.22. The molecule has 11 heteroatoms. The molecule has 33 heavy (non-hydrogen) atoms. The largest absolute Gasteiger partial charge is 0.347 e. The zero-order valence-electron chi connectivity index (χ0n) is 18.7. The van der Waals surface area contributed by atoms with Crippen molar-refractivity contribution >= 4 is 46.8 Å². The summed E-state index contributed by atoms with van der Waals surface area (Å²) in [6.07, 6.45) is 1.83. The minimum absolute atomic E-state index is 0.186. The van der Waals surface area contributed by atoms with Crippen LogP contribution in [0.25, 0.3) is 6.08 Å². The fourth-order valence-electron chi connectivity index (χ4n) is 2.79. The number of anilines is 4. The minimum Gasteiger partial charge on any atom is -0.347 e. The Bertz CT molecular complexity index is 1380. The molecule has 0 saturated carbocycles. The summed E-state index contributed by atoms with van der Waals surface area (Å²) in [7, 11) is 7.52. The second kappa shape index (κ2) is 9.57. The predicted molar refractivity (Wildman–Crippen MR) is 130 cm³/mol. The summed E-state index contributed by atoms with van der Waals surface area (Å²) in [5, 5.41) is 10.4. The third kappa shape index (κ3) is 5.57. The zero-order valence-corrected chi connectivity index (χ0v) is 19.5. The van der Waals surface area contributed by atoms with E-state index in [1.54, 1.807) is 0 Å². The van der Waals surface area contributed by atoms with Crippen LogP contribution >= 0.6 is 11.5 Å². The molecule has 4 rings (SSSR count). The van der Waals surface area contributed by atoms with E-state index < -0.39 is 0 Å². The van der Waals surface area contributed by atoms with Crippen LogP contribution in [0, 0.1) is 0 Å². The molecule has 0 aliphatic heterocycles. The van der Waals surface area contributed by atoms with Crippen molar-refractivity contribution < 1.29 is 3.87 Å². The topological polar surface area (TPSA) is 108 Å². The second-order valence-electron chi connectivity index (χ2n) is 7.54. The quantitative estimate of drug-likeness (QED) is 0.422. The first-order valence-electron chi connectivity index (χ1n) is 10.1. The maximum Gasteiger partial charge on any atom is 0.325 e. The number of hydrogen-bond acceptors (Lipinski definition) is 9. The van der Waals surface area contributed by atoms with Gasteiger partial charge in [-0.05, 0) is 35.9 Å². The highest BCUT2D eigenvalue weighted by Crippen LogP contribution is 2.20. The summed E-state index contributed by atoms with van der Waals surface area (Å²) >= 11 is 1.24. The van der Waals surface area contributed by atoms with Crippen molar-refractivity contribution in [2.75, 3.05) is 43.3 Å². The van der Waals surface area contributed by atoms with Gasteiger partial charge in [0.15, 0.2) is 4.53 Å². The predicted octanol–water partition coefficient (Wildman–Crippen LogP) is 1.98. The molecule has 0 unspecified atom stereocenters. The Balaban J connectivity index is 1.56. The van der Waals surface area contributed by atoms with Crippen LogP contribution in [0.3, 0.4) is 0 Å². The summed E-state index contributed by atoms with van der Waals surface area (Å²) in [5.74, 6) is 1.56. The summed E-state index contributed by atoms with van der Waals surface area (Å²) in [6, 6.07) is 17.1. The van der Waals surface area contributed by atoms with Crippen molar-refractivity contribution in [1.82, 2.24) is 20.1 Å². The molecular formula is C22H24N9OS+. The molecule has 0 bridgehead atoms. The zero-order chi connectivity index (χ0) is 23.4. The van der Waals surface area contributed by atoms with Gasteiger partial charge in [0.1, 0.15) is 9.56 Å². The van der Waals surface area contributed by atoms with E-state index in [0.717, 1.165) is 11.3 Å². The van der Waals surface area contributed by atoms with Crippen molar-refractivity contribution in [3.05, 3.63) is 75.0 Å². The molecule has 0 aliphatic rings. The van der Waals surface area contributed by atoms with Gasteiger partial charge >= 0.3 is 5.56 Å². The van der Waals surface area contributed by atoms with Gasteiger partial charge in [0, 0.05) is 39.0 Å². The van der Waals surface area contributed by atoms with Crippen LogP contribution in [0.1, 0.15) is 5.56 Å². The second-order valence-corrected chi connectivity index (χ2v) is 8.51. The first-order valence-corrected chi connectivity index (χ1v) is 10.9. The number of H-pyrrole nitrogens is 1. The van der Waals surface area contributed by atoms with Crippen LogP contribution in [0.5, 0.6) is 0 Å². The Morgan fingerprint density at radius 1 is 0.939 bits per heavy atom. The van der Waals surface area contributed by atoms with E-state index in [1.807, 2.05) is 98.7 Å². The first-order chi connectivity index (χ1) is 15.9. The van der Waals surface area contributed by atoms with Gasteiger partial charge in [0.05, 0.1) is 0 Å². The highest BCUT2D eigenvalue weighted by atomic mass is 32.1. The van der Waals surface area contributed by atoms with Gasteiger partial charge < -0.3 is 15.1 Å². The van der Waals surface area contributed by atoms with E-state index in [2.05, 4.69) is 30.5 Å². The number of nitrogens with one attached hydrogen (secondary N) is 2. The molecule has 2 heterocycles. The molecule has 0 saturated heterocycles. The number of hydrogen-bond donors (Lipinski definition) is 2. The van der Waals surface area contributed by atoms with E-state index in [0.29, 0.717) is 28.1 Å². The Morgan fingerprint density at radius 2 is 1.58 bits per heavy atom. The number of benzene rings is 2. The van der Waals surface area contributed by atoms with Crippen molar-refractivity contribution in [2.45, 2.75) is 0 Å². The number of aromatic amines is 1. The standard InChI is InChI=1S/C22H23N9OS/c1-29(2)21-24-20(25-22(26-21)30(3)4)23-16-10-12-17(13-11-16)27-31-28-19(32)18(33-31)14-15-8-6-5-7-9-15/h5-14H,1-4H3,(H,28,32)/p+1/b18-14-. The van der Waals surface area contributed by atoms with Gasteiger partial charge in [-0.2, -0.15) is 15.0 Å². The lowest BCUT2D eigenvalue weighted by molar-refractivity contribution is -0.537. The highest BCUT2D eigenvalue weighted by Gasteiger charge is 2.10. The molecule has 168 valence electrons. The van der Waals surface area contributed by atoms with Crippen molar-refractivity contribution in [3.63, 3.8) is 0 Å². The molecule has 0 amide bonds. The first kappa shape index (κ1) is 22.1. The van der Waals surface area contributed by atoms with Gasteiger partial charge in [-0.15, -0.1) is 0 Å². The fourth-order valence-corrected chi connectivity index (χ4v) is 3.56.